The van der Waals surface area contributed by atoms with Gasteiger partial charge in [-0.1, -0.05) is 12.1 Å². The topological polar surface area (TPSA) is 66.8 Å². The number of rotatable bonds is 5. The van der Waals surface area contributed by atoms with Crippen LogP contribution in [-0.2, 0) is 4.79 Å². The van der Waals surface area contributed by atoms with Crippen LogP contribution >= 0.6 is 23.6 Å². The molecule has 1 N–H and O–H groups in total. The highest BCUT2D eigenvalue weighted by Gasteiger charge is 2.27. The van der Waals surface area contributed by atoms with Gasteiger partial charge in [0.05, 0.1) is 10.9 Å². The van der Waals surface area contributed by atoms with E-state index in [1.165, 1.54) is 0 Å². The minimum atomic E-state index is -0.465. The van der Waals surface area contributed by atoms with Crippen LogP contribution in [0.3, 0.4) is 0 Å². The molecule has 0 saturated carbocycles. The number of carbonyl (C=O) groups excluding carboxylic acids is 1. The van der Waals surface area contributed by atoms with E-state index in [0.717, 1.165) is 10.4 Å². The number of likely N-dealkylation sites (N-methyl/N-ethyl adjacent to an activating group) is 1. The van der Waals surface area contributed by atoms with Gasteiger partial charge in [-0.15, -0.1) is 11.3 Å². The van der Waals surface area contributed by atoms with Gasteiger partial charge in [0.1, 0.15) is 6.04 Å². The number of aromatic nitrogens is 4. The van der Waals surface area contributed by atoms with Gasteiger partial charge in [0.25, 0.3) is 0 Å². The molecule has 0 bridgehead atoms. The maximum atomic E-state index is 13.0. The zero-order chi connectivity index (χ0) is 18.0. The fourth-order valence-electron chi connectivity index (χ4n) is 2.69. The molecule has 3 aromatic rings. The number of hydrogen-bond acceptors (Lipinski definition) is 5. The van der Waals surface area contributed by atoms with Gasteiger partial charge in [-0.3, -0.25) is 19.4 Å². The summed E-state index contributed by atoms with van der Waals surface area (Å²) in [5.41, 5.74) is 0.986. The first-order valence-electron chi connectivity index (χ1n) is 7.88. The highest BCUT2D eigenvalue weighted by Crippen LogP contribution is 2.27. The molecule has 0 aliphatic heterocycles. The molecule has 6 nitrogen and oxygen atoms in total. The first-order valence-corrected chi connectivity index (χ1v) is 9.17. The standard InChI is InChI=1S/C17H19N5OS2/c1-11(13-6-4-8-18-10-13)21(3)16(23)12(2)22-15(19-20-17(22)24)14-7-5-9-25-14/h4-12H,1-3H3,(H,20,24). The van der Waals surface area contributed by atoms with Crippen molar-refractivity contribution in [2.45, 2.75) is 25.9 Å². The second kappa shape index (κ2) is 7.28. The molecule has 130 valence electrons. The normalized spacial score (nSPS) is 13.4. The maximum Gasteiger partial charge on any atom is 0.245 e. The summed E-state index contributed by atoms with van der Waals surface area (Å²) in [6.45, 7) is 3.83. The van der Waals surface area contributed by atoms with Crippen molar-refractivity contribution in [1.29, 1.82) is 0 Å². The molecular weight excluding hydrogens is 354 g/mol. The summed E-state index contributed by atoms with van der Waals surface area (Å²) in [7, 11) is 1.80. The van der Waals surface area contributed by atoms with Crippen molar-refractivity contribution in [3.8, 4) is 10.7 Å². The summed E-state index contributed by atoms with van der Waals surface area (Å²) >= 11 is 6.92. The molecule has 3 heterocycles. The van der Waals surface area contributed by atoms with E-state index in [9.17, 15) is 4.79 Å². The number of H-pyrrole nitrogens is 1. The molecule has 0 spiro atoms. The van der Waals surface area contributed by atoms with Crippen molar-refractivity contribution in [3.63, 3.8) is 0 Å². The molecule has 0 aliphatic rings. The van der Waals surface area contributed by atoms with Crippen molar-refractivity contribution < 1.29 is 4.79 Å². The maximum absolute atomic E-state index is 13.0. The lowest BCUT2D eigenvalue weighted by atomic mass is 10.1. The Bertz CT molecular complexity index is 901. The Balaban J connectivity index is 1.88. The summed E-state index contributed by atoms with van der Waals surface area (Å²) < 4.78 is 2.21. The van der Waals surface area contributed by atoms with Crippen LogP contribution in [0, 0.1) is 4.77 Å². The summed E-state index contributed by atoms with van der Waals surface area (Å²) in [6, 6.07) is 7.19. The van der Waals surface area contributed by atoms with Crippen LogP contribution in [0.5, 0.6) is 0 Å². The van der Waals surface area contributed by atoms with E-state index in [-0.39, 0.29) is 11.9 Å². The molecular formula is C17H19N5OS2. The van der Waals surface area contributed by atoms with Gasteiger partial charge in [0.15, 0.2) is 10.6 Å². The molecule has 2 unspecified atom stereocenters. The molecule has 8 heteroatoms. The zero-order valence-electron chi connectivity index (χ0n) is 14.2. The van der Waals surface area contributed by atoms with Gasteiger partial charge in [-0.2, -0.15) is 5.10 Å². The van der Waals surface area contributed by atoms with Crippen LogP contribution < -0.4 is 0 Å². The Morgan fingerprint density at radius 1 is 1.36 bits per heavy atom. The number of nitrogens with one attached hydrogen (secondary N) is 1. The van der Waals surface area contributed by atoms with Crippen molar-refractivity contribution in [1.82, 2.24) is 24.6 Å². The van der Waals surface area contributed by atoms with Crippen LogP contribution in [0.25, 0.3) is 10.7 Å². The summed E-state index contributed by atoms with van der Waals surface area (Å²) in [5.74, 6) is 0.648. The van der Waals surface area contributed by atoms with Gasteiger partial charge < -0.3 is 4.90 Å². The SMILES string of the molecule is CC(c1cccnc1)N(C)C(=O)C(C)n1c(-c2cccs2)n[nH]c1=S. The van der Waals surface area contributed by atoms with E-state index >= 15 is 0 Å². The fourth-order valence-corrected chi connectivity index (χ4v) is 3.69. The van der Waals surface area contributed by atoms with Gasteiger partial charge in [0.2, 0.25) is 5.91 Å². The molecule has 1 amide bonds. The molecule has 0 aromatic carbocycles. The smallest absolute Gasteiger partial charge is 0.245 e. The molecule has 2 atom stereocenters. The molecule has 0 aliphatic carbocycles. The first kappa shape index (κ1) is 17.5. The number of amides is 1. The Labute approximate surface area is 155 Å². The monoisotopic (exact) mass is 373 g/mol. The van der Waals surface area contributed by atoms with E-state index < -0.39 is 6.04 Å². The number of hydrogen-bond donors (Lipinski definition) is 1. The summed E-state index contributed by atoms with van der Waals surface area (Å²) in [6.07, 6.45) is 3.50. The molecule has 0 radical (unpaired) electrons. The highest BCUT2D eigenvalue weighted by atomic mass is 32.1. The quantitative estimate of drug-likeness (QED) is 0.690. The van der Waals surface area contributed by atoms with Gasteiger partial charge in [0, 0.05) is 19.4 Å². The Morgan fingerprint density at radius 3 is 2.80 bits per heavy atom. The molecule has 3 rings (SSSR count). The largest absolute Gasteiger partial charge is 0.337 e. The van der Waals surface area contributed by atoms with Crippen LogP contribution in [0.2, 0.25) is 0 Å². The van der Waals surface area contributed by atoms with Crippen LogP contribution in [0.15, 0.2) is 42.0 Å². The lowest BCUT2D eigenvalue weighted by Gasteiger charge is -2.28. The average molecular weight is 374 g/mol. The van der Waals surface area contributed by atoms with Crippen molar-refractivity contribution in [2.75, 3.05) is 7.05 Å². The highest BCUT2D eigenvalue weighted by molar-refractivity contribution is 7.71. The Hall–Kier alpha value is -2.32. The van der Waals surface area contributed by atoms with E-state index in [1.54, 1.807) is 40.2 Å². The van der Waals surface area contributed by atoms with Crippen molar-refractivity contribution in [3.05, 3.63) is 52.4 Å². The minimum Gasteiger partial charge on any atom is -0.337 e. The molecule has 0 fully saturated rings. The number of nitrogens with zero attached hydrogens (tertiary/aromatic N) is 4. The fraction of sp³-hybridized carbons (Fsp3) is 0.294. The van der Waals surface area contributed by atoms with E-state index in [1.807, 2.05) is 43.5 Å². The van der Waals surface area contributed by atoms with E-state index in [0.29, 0.717) is 10.6 Å². The molecule has 3 aromatic heterocycles. The molecule has 25 heavy (non-hydrogen) atoms. The van der Waals surface area contributed by atoms with E-state index in [2.05, 4.69) is 15.2 Å². The molecule has 0 saturated heterocycles. The first-order chi connectivity index (χ1) is 12.0. The number of thiophene rings is 1. The predicted octanol–water partition coefficient (Wildman–Crippen LogP) is 3.84. The number of carbonyl (C=O) groups is 1. The van der Waals surface area contributed by atoms with Crippen molar-refractivity contribution in [2.24, 2.45) is 0 Å². The second-order valence-corrected chi connectivity index (χ2v) is 7.12. The number of aromatic amines is 1. The lowest BCUT2D eigenvalue weighted by molar-refractivity contribution is -0.134. The third-order valence-electron chi connectivity index (χ3n) is 4.29. The summed E-state index contributed by atoms with van der Waals surface area (Å²) in [5, 5.41) is 9.08. The van der Waals surface area contributed by atoms with Crippen LogP contribution in [-0.4, -0.2) is 37.6 Å². The van der Waals surface area contributed by atoms with Crippen molar-refractivity contribution >= 4 is 29.5 Å². The van der Waals surface area contributed by atoms with Gasteiger partial charge in [-0.05, 0) is 49.1 Å². The van der Waals surface area contributed by atoms with Gasteiger partial charge >= 0.3 is 0 Å². The average Bonchev–Trinajstić information content (AvgIpc) is 3.29. The second-order valence-electron chi connectivity index (χ2n) is 5.79. The summed E-state index contributed by atoms with van der Waals surface area (Å²) in [4.78, 5) is 19.8. The number of pyridine rings is 1. The van der Waals surface area contributed by atoms with E-state index in [4.69, 9.17) is 12.2 Å². The predicted molar refractivity (Wildman–Crippen MR) is 101 cm³/mol. The minimum absolute atomic E-state index is 0.0355. The Morgan fingerprint density at radius 2 is 2.16 bits per heavy atom. The van der Waals surface area contributed by atoms with Crippen LogP contribution in [0.1, 0.15) is 31.5 Å². The third kappa shape index (κ3) is 3.40. The third-order valence-corrected chi connectivity index (χ3v) is 5.44. The Kier molecular flexibility index (Phi) is 5.10. The van der Waals surface area contributed by atoms with Crippen LogP contribution in [0.4, 0.5) is 0 Å². The lowest BCUT2D eigenvalue weighted by Crippen LogP contribution is -2.35. The van der Waals surface area contributed by atoms with Gasteiger partial charge in [-0.25, -0.2) is 0 Å². The zero-order valence-corrected chi connectivity index (χ0v) is 15.8.